The van der Waals surface area contributed by atoms with Gasteiger partial charge in [-0.2, -0.15) is 0 Å². The third-order valence-electron chi connectivity index (χ3n) is 4.40. The summed E-state index contributed by atoms with van der Waals surface area (Å²) in [4.78, 5) is 14.8. The molecule has 0 aromatic heterocycles. The first-order valence-electron chi connectivity index (χ1n) is 9.79. The Morgan fingerprint density at radius 1 is 1.00 bits per heavy atom. The van der Waals surface area contributed by atoms with Gasteiger partial charge in [0.2, 0.25) is 0 Å². The van der Waals surface area contributed by atoms with Gasteiger partial charge in [0, 0.05) is 19.5 Å². The summed E-state index contributed by atoms with van der Waals surface area (Å²) in [5, 5.41) is 0. The van der Waals surface area contributed by atoms with Gasteiger partial charge in [0.25, 0.3) is 0 Å². The second-order valence-electron chi connectivity index (χ2n) is 7.99. The summed E-state index contributed by atoms with van der Waals surface area (Å²) in [7, 11) is 0.0729. The smallest absolute Gasteiger partial charge is 0.323 e. The first kappa shape index (κ1) is 21.9. The summed E-state index contributed by atoms with van der Waals surface area (Å²) in [6, 6.07) is 20.0. The summed E-state index contributed by atoms with van der Waals surface area (Å²) >= 11 is 0. The van der Waals surface area contributed by atoms with Crippen molar-refractivity contribution in [1.82, 2.24) is 4.90 Å². The number of benzene rings is 2. The highest BCUT2D eigenvalue weighted by molar-refractivity contribution is 6.83. The molecular weight excluding hydrogens is 362 g/mol. The molecule has 2 rings (SSSR count). The molecule has 1 unspecified atom stereocenters. The molecule has 4 heteroatoms. The van der Waals surface area contributed by atoms with E-state index < -0.39 is 8.07 Å². The van der Waals surface area contributed by atoms with Crippen molar-refractivity contribution in [3.8, 4) is 11.5 Å². The number of rotatable bonds is 8. The van der Waals surface area contributed by atoms with Crippen molar-refractivity contribution in [1.29, 1.82) is 0 Å². The molecule has 0 N–H and O–H groups in total. The maximum atomic E-state index is 12.6. The van der Waals surface area contributed by atoms with Crippen molar-refractivity contribution < 1.29 is 9.53 Å². The molecule has 3 nitrogen and oxygen atoms in total. The van der Waals surface area contributed by atoms with Crippen LogP contribution in [0.1, 0.15) is 17.5 Å². The molecule has 0 amide bonds. The Morgan fingerprint density at radius 3 is 2.11 bits per heavy atom. The first-order chi connectivity index (χ1) is 13.4. The third-order valence-corrected chi connectivity index (χ3v) is 5.33. The average Bonchev–Trinajstić information content (AvgIpc) is 2.69. The van der Waals surface area contributed by atoms with Crippen LogP contribution in [-0.2, 0) is 22.5 Å². The van der Waals surface area contributed by atoms with Gasteiger partial charge in [-0.1, -0.05) is 80.3 Å². The summed E-state index contributed by atoms with van der Waals surface area (Å²) < 4.78 is 5.15. The minimum Gasteiger partial charge on any atom is -0.468 e. The molecule has 148 valence electrons. The molecular formula is C24H31NO2Si. The average molecular weight is 394 g/mol. The molecule has 0 aliphatic carbocycles. The number of nitrogens with zero attached hydrogens (tertiary/aromatic N) is 1. The van der Waals surface area contributed by atoms with E-state index in [1.807, 2.05) is 36.4 Å². The van der Waals surface area contributed by atoms with E-state index in [0.717, 1.165) is 18.5 Å². The second kappa shape index (κ2) is 10.8. The van der Waals surface area contributed by atoms with Gasteiger partial charge in [-0.05, 0) is 17.5 Å². The SMILES string of the molecule is COC(=O)C(Cc1ccccc1)N(CCC#C[Si](C)(C)C)Cc1ccccc1. The van der Waals surface area contributed by atoms with E-state index in [-0.39, 0.29) is 12.0 Å². The Kier molecular flexibility index (Phi) is 8.50. The van der Waals surface area contributed by atoms with E-state index in [9.17, 15) is 4.79 Å². The molecule has 0 fully saturated rings. The molecule has 0 heterocycles. The molecule has 2 aromatic rings. The molecule has 28 heavy (non-hydrogen) atoms. The van der Waals surface area contributed by atoms with Gasteiger partial charge in [0.15, 0.2) is 0 Å². The lowest BCUT2D eigenvalue weighted by molar-refractivity contribution is -0.147. The van der Waals surface area contributed by atoms with E-state index >= 15 is 0 Å². The van der Waals surface area contributed by atoms with Crippen molar-refractivity contribution >= 4 is 14.0 Å². The highest BCUT2D eigenvalue weighted by atomic mass is 28.3. The number of ether oxygens (including phenoxy) is 1. The van der Waals surface area contributed by atoms with Crippen LogP contribution < -0.4 is 0 Å². The standard InChI is InChI=1S/C24H31NO2Si/c1-27-24(26)23(19-21-13-7-5-8-14-21)25(17-11-12-18-28(2,3)4)20-22-15-9-6-10-16-22/h5-10,13-16,23H,11,17,19-20H2,1-4H3. The summed E-state index contributed by atoms with van der Waals surface area (Å²) in [5.74, 6) is 3.14. The Balaban J connectivity index is 2.22. The van der Waals surface area contributed by atoms with Gasteiger partial charge in [-0.25, -0.2) is 0 Å². The first-order valence-corrected chi connectivity index (χ1v) is 13.3. The van der Waals surface area contributed by atoms with Crippen LogP contribution in [0.4, 0.5) is 0 Å². The zero-order chi connectivity index (χ0) is 20.4. The van der Waals surface area contributed by atoms with Crippen LogP contribution >= 0.6 is 0 Å². The lowest BCUT2D eigenvalue weighted by Crippen LogP contribution is -2.43. The largest absolute Gasteiger partial charge is 0.468 e. The van der Waals surface area contributed by atoms with Gasteiger partial charge >= 0.3 is 5.97 Å². The van der Waals surface area contributed by atoms with Crippen LogP contribution in [0.2, 0.25) is 19.6 Å². The molecule has 1 atom stereocenters. The van der Waals surface area contributed by atoms with Crippen LogP contribution in [0.5, 0.6) is 0 Å². The molecule has 0 spiro atoms. The number of hydrogen-bond acceptors (Lipinski definition) is 3. The van der Waals surface area contributed by atoms with E-state index in [0.29, 0.717) is 13.0 Å². The molecule has 0 aliphatic heterocycles. The zero-order valence-corrected chi connectivity index (χ0v) is 18.4. The zero-order valence-electron chi connectivity index (χ0n) is 17.4. The molecule has 2 aromatic carbocycles. The lowest BCUT2D eigenvalue weighted by Gasteiger charge is -2.29. The number of esters is 1. The molecule has 0 radical (unpaired) electrons. The highest BCUT2D eigenvalue weighted by Crippen LogP contribution is 2.15. The van der Waals surface area contributed by atoms with Gasteiger partial charge in [-0.15, -0.1) is 11.5 Å². The Bertz CT molecular complexity index is 788. The van der Waals surface area contributed by atoms with Crippen molar-refractivity contribution in [3.63, 3.8) is 0 Å². The van der Waals surface area contributed by atoms with Crippen LogP contribution in [0, 0.1) is 11.5 Å². The van der Waals surface area contributed by atoms with Crippen molar-refractivity contribution in [2.45, 2.75) is 45.1 Å². The number of methoxy groups -OCH3 is 1. The Hall–Kier alpha value is -2.35. The summed E-state index contributed by atoms with van der Waals surface area (Å²) in [5.41, 5.74) is 5.73. The normalized spacial score (nSPS) is 12.2. The minimum atomic E-state index is -1.39. The van der Waals surface area contributed by atoms with Gasteiger partial charge in [-0.3, -0.25) is 9.69 Å². The van der Waals surface area contributed by atoms with E-state index in [2.05, 4.69) is 60.3 Å². The fourth-order valence-corrected chi connectivity index (χ4v) is 3.68. The minimum absolute atomic E-state index is 0.196. The Morgan fingerprint density at radius 2 is 1.57 bits per heavy atom. The van der Waals surface area contributed by atoms with Crippen LogP contribution in [0.3, 0.4) is 0 Å². The van der Waals surface area contributed by atoms with E-state index in [4.69, 9.17) is 4.74 Å². The van der Waals surface area contributed by atoms with E-state index in [1.54, 1.807) is 0 Å². The fraction of sp³-hybridized carbons (Fsp3) is 0.375. The molecule has 0 saturated carbocycles. The van der Waals surface area contributed by atoms with Gasteiger partial charge < -0.3 is 4.74 Å². The molecule has 0 saturated heterocycles. The number of hydrogen-bond donors (Lipinski definition) is 0. The summed E-state index contributed by atoms with van der Waals surface area (Å²) in [6.45, 7) is 8.16. The number of carbonyl (C=O) groups excluding carboxylic acids is 1. The molecule has 0 bridgehead atoms. The fourth-order valence-electron chi connectivity index (χ4n) is 3.03. The van der Waals surface area contributed by atoms with Crippen molar-refractivity contribution in [2.24, 2.45) is 0 Å². The van der Waals surface area contributed by atoms with Crippen molar-refractivity contribution in [3.05, 3.63) is 71.8 Å². The second-order valence-corrected chi connectivity index (χ2v) is 12.7. The van der Waals surface area contributed by atoms with E-state index in [1.165, 1.54) is 12.7 Å². The topological polar surface area (TPSA) is 29.5 Å². The van der Waals surface area contributed by atoms with Crippen LogP contribution in [-0.4, -0.2) is 38.6 Å². The highest BCUT2D eigenvalue weighted by Gasteiger charge is 2.27. The van der Waals surface area contributed by atoms with Crippen LogP contribution in [0.25, 0.3) is 0 Å². The van der Waals surface area contributed by atoms with Crippen LogP contribution in [0.15, 0.2) is 60.7 Å². The summed E-state index contributed by atoms with van der Waals surface area (Å²) in [6.07, 6.45) is 1.38. The maximum Gasteiger partial charge on any atom is 0.323 e. The third kappa shape index (κ3) is 7.72. The Labute approximate surface area is 170 Å². The van der Waals surface area contributed by atoms with Gasteiger partial charge in [0.05, 0.1) is 7.11 Å². The lowest BCUT2D eigenvalue weighted by atomic mass is 10.0. The molecule has 0 aliphatic rings. The predicted molar refractivity (Wildman–Crippen MR) is 119 cm³/mol. The quantitative estimate of drug-likeness (QED) is 0.374. The van der Waals surface area contributed by atoms with Gasteiger partial charge in [0.1, 0.15) is 14.1 Å². The monoisotopic (exact) mass is 393 g/mol. The number of carbonyl (C=O) groups is 1. The van der Waals surface area contributed by atoms with Crippen molar-refractivity contribution in [2.75, 3.05) is 13.7 Å². The predicted octanol–water partition coefficient (Wildman–Crippen LogP) is 4.54. The maximum absolute atomic E-state index is 12.6.